The number of carbonyl (C=O) groups is 2. The van der Waals surface area contributed by atoms with Gasteiger partial charge in [0.15, 0.2) is 0 Å². The van der Waals surface area contributed by atoms with E-state index in [0.29, 0.717) is 30.8 Å². The van der Waals surface area contributed by atoms with Crippen molar-refractivity contribution in [3.63, 3.8) is 0 Å². The number of hydrogen-bond donors (Lipinski definition) is 1. The van der Waals surface area contributed by atoms with E-state index in [0.717, 1.165) is 11.3 Å². The number of amides is 2. The van der Waals surface area contributed by atoms with Gasteiger partial charge in [-0.2, -0.15) is 0 Å². The summed E-state index contributed by atoms with van der Waals surface area (Å²) in [5.74, 6) is -0.163. The first-order valence-electron chi connectivity index (χ1n) is 8.56. The topological polar surface area (TPSA) is 66.6 Å². The lowest BCUT2D eigenvalue weighted by Crippen LogP contribution is -2.45. The summed E-state index contributed by atoms with van der Waals surface area (Å²) in [7, 11) is 0. The summed E-state index contributed by atoms with van der Waals surface area (Å²) in [6.45, 7) is 4.88. The van der Waals surface area contributed by atoms with Crippen molar-refractivity contribution in [2.45, 2.75) is 26.3 Å². The van der Waals surface area contributed by atoms with Gasteiger partial charge in [-0.15, -0.1) is 0 Å². The third-order valence-corrected chi connectivity index (χ3v) is 4.71. The fourth-order valence-corrected chi connectivity index (χ4v) is 3.35. The molecule has 1 aliphatic heterocycles. The van der Waals surface area contributed by atoms with E-state index < -0.39 is 6.04 Å². The van der Waals surface area contributed by atoms with Crippen LogP contribution in [-0.2, 0) is 4.79 Å². The fraction of sp³-hybridized carbons (Fsp3) is 0.300. The first-order valence-corrected chi connectivity index (χ1v) is 8.56. The average Bonchev–Trinajstić information content (AvgIpc) is 3.00. The highest BCUT2D eigenvalue weighted by atomic mass is 16.2. The van der Waals surface area contributed by atoms with E-state index in [1.807, 2.05) is 50.2 Å². The van der Waals surface area contributed by atoms with Gasteiger partial charge in [0.2, 0.25) is 5.91 Å². The number of nitrogens with zero attached hydrogens (tertiary/aromatic N) is 2. The lowest BCUT2D eigenvalue weighted by molar-refractivity contribution is -0.120. The molecule has 1 saturated heterocycles. The molecule has 1 heterocycles. The molecule has 1 atom stereocenters. The van der Waals surface area contributed by atoms with Crippen molar-refractivity contribution in [1.29, 1.82) is 0 Å². The first kappa shape index (κ1) is 17.0. The SMILES string of the molecule is CCN(C(=O)c1cc(N)ccc1C)C1CCN(c2ccccc2)C1=O. The Labute approximate surface area is 148 Å². The number of rotatable bonds is 4. The van der Waals surface area contributed by atoms with Crippen LogP contribution < -0.4 is 10.6 Å². The minimum absolute atomic E-state index is 0.0250. The van der Waals surface area contributed by atoms with Crippen LogP contribution in [0.1, 0.15) is 29.3 Å². The molecule has 2 aromatic rings. The van der Waals surface area contributed by atoms with Crippen molar-refractivity contribution in [1.82, 2.24) is 4.90 Å². The minimum atomic E-state index is -0.432. The van der Waals surface area contributed by atoms with Gasteiger partial charge in [-0.3, -0.25) is 9.59 Å². The normalized spacial score (nSPS) is 17.0. The number of hydrogen-bond acceptors (Lipinski definition) is 3. The molecule has 0 aromatic heterocycles. The standard InChI is InChI=1S/C20H23N3O2/c1-3-22(19(24)17-13-15(21)10-9-14(17)2)18-11-12-23(20(18)25)16-7-5-4-6-8-16/h4-10,13,18H,3,11-12,21H2,1-2H3. The predicted molar refractivity (Wildman–Crippen MR) is 99.5 cm³/mol. The second-order valence-corrected chi connectivity index (χ2v) is 6.30. The monoisotopic (exact) mass is 337 g/mol. The number of nitrogens with two attached hydrogens (primary N) is 1. The third-order valence-electron chi connectivity index (χ3n) is 4.71. The number of carbonyl (C=O) groups excluding carboxylic acids is 2. The maximum absolute atomic E-state index is 13.0. The Morgan fingerprint density at radius 2 is 1.96 bits per heavy atom. The molecule has 5 nitrogen and oxygen atoms in total. The highest BCUT2D eigenvalue weighted by Crippen LogP contribution is 2.26. The van der Waals surface area contributed by atoms with Crippen LogP contribution in [0.4, 0.5) is 11.4 Å². The van der Waals surface area contributed by atoms with Crippen LogP contribution in [0.25, 0.3) is 0 Å². The Morgan fingerprint density at radius 3 is 2.64 bits per heavy atom. The van der Waals surface area contributed by atoms with E-state index in [-0.39, 0.29) is 11.8 Å². The van der Waals surface area contributed by atoms with Crippen molar-refractivity contribution >= 4 is 23.2 Å². The molecule has 5 heteroatoms. The molecule has 130 valence electrons. The maximum Gasteiger partial charge on any atom is 0.254 e. The summed E-state index contributed by atoms with van der Waals surface area (Å²) in [6, 6.07) is 14.5. The lowest BCUT2D eigenvalue weighted by atomic mass is 10.0. The molecular formula is C20H23N3O2. The van der Waals surface area contributed by atoms with Crippen LogP contribution in [0.5, 0.6) is 0 Å². The van der Waals surface area contributed by atoms with E-state index in [4.69, 9.17) is 5.73 Å². The maximum atomic E-state index is 13.0. The lowest BCUT2D eigenvalue weighted by Gasteiger charge is -2.27. The van der Waals surface area contributed by atoms with Gasteiger partial charge in [0, 0.05) is 30.0 Å². The minimum Gasteiger partial charge on any atom is -0.399 e. The molecule has 3 rings (SSSR count). The molecule has 0 bridgehead atoms. The summed E-state index contributed by atoms with van der Waals surface area (Å²) in [6.07, 6.45) is 0.634. The van der Waals surface area contributed by atoms with Crippen LogP contribution in [0.2, 0.25) is 0 Å². The van der Waals surface area contributed by atoms with Gasteiger partial charge in [-0.1, -0.05) is 24.3 Å². The second kappa shape index (κ2) is 6.97. The second-order valence-electron chi connectivity index (χ2n) is 6.30. The molecule has 0 saturated carbocycles. The molecule has 0 spiro atoms. The quantitative estimate of drug-likeness (QED) is 0.873. The zero-order chi connectivity index (χ0) is 18.0. The van der Waals surface area contributed by atoms with Crippen LogP contribution in [0.3, 0.4) is 0 Å². The molecule has 2 amide bonds. The Hall–Kier alpha value is -2.82. The summed E-state index contributed by atoms with van der Waals surface area (Å²) in [5, 5.41) is 0. The number of anilines is 2. The van der Waals surface area contributed by atoms with Gasteiger partial charge in [-0.25, -0.2) is 0 Å². The highest BCUT2D eigenvalue weighted by Gasteiger charge is 2.38. The van der Waals surface area contributed by atoms with Crippen LogP contribution >= 0.6 is 0 Å². The number of benzene rings is 2. The van der Waals surface area contributed by atoms with Crippen molar-refractivity contribution in [2.24, 2.45) is 0 Å². The van der Waals surface area contributed by atoms with Gasteiger partial charge in [0.1, 0.15) is 6.04 Å². The number of nitrogen functional groups attached to an aromatic ring is 1. The third kappa shape index (κ3) is 3.22. The summed E-state index contributed by atoms with van der Waals surface area (Å²) in [5.41, 5.74) is 8.69. The van der Waals surface area contributed by atoms with E-state index >= 15 is 0 Å². The van der Waals surface area contributed by atoms with Gasteiger partial charge >= 0.3 is 0 Å². The fourth-order valence-electron chi connectivity index (χ4n) is 3.35. The Bertz CT molecular complexity index is 789. The Morgan fingerprint density at radius 1 is 1.24 bits per heavy atom. The van der Waals surface area contributed by atoms with Crippen molar-refractivity contribution in [2.75, 3.05) is 23.7 Å². The number of para-hydroxylation sites is 1. The molecule has 0 aliphatic carbocycles. The Balaban J connectivity index is 1.85. The van der Waals surface area contributed by atoms with Gasteiger partial charge in [0.05, 0.1) is 0 Å². The van der Waals surface area contributed by atoms with E-state index in [9.17, 15) is 9.59 Å². The average molecular weight is 337 g/mol. The van der Waals surface area contributed by atoms with Crippen LogP contribution in [0, 0.1) is 6.92 Å². The van der Waals surface area contributed by atoms with Gasteiger partial charge < -0.3 is 15.5 Å². The molecule has 2 N–H and O–H groups in total. The largest absolute Gasteiger partial charge is 0.399 e. The zero-order valence-corrected chi connectivity index (χ0v) is 14.6. The summed E-state index contributed by atoms with van der Waals surface area (Å²) in [4.78, 5) is 29.3. The molecular weight excluding hydrogens is 314 g/mol. The molecule has 25 heavy (non-hydrogen) atoms. The highest BCUT2D eigenvalue weighted by molar-refractivity contribution is 6.04. The summed E-state index contributed by atoms with van der Waals surface area (Å²) < 4.78 is 0. The smallest absolute Gasteiger partial charge is 0.254 e. The first-order chi connectivity index (χ1) is 12.0. The molecule has 2 aromatic carbocycles. The number of likely N-dealkylation sites (N-methyl/N-ethyl adjacent to an activating group) is 1. The van der Waals surface area contributed by atoms with Crippen LogP contribution in [-0.4, -0.2) is 35.8 Å². The number of aryl methyl sites for hydroxylation is 1. The Kier molecular flexibility index (Phi) is 4.74. The molecule has 1 fully saturated rings. The molecule has 1 aliphatic rings. The van der Waals surface area contributed by atoms with Crippen LogP contribution in [0.15, 0.2) is 48.5 Å². The predicted octanol–water partition coefficient (Wildman–Crippen LogP) is 2.84. The van der Waals surface area contributed by atoms with Gasteiger partial charge in [-0.05, 0) is 50.1 Å². The summed E-state index contributed by atoms with van der Waals surface area (Å²) >= 11 is 0. The van der Waals surface area contributed by atoms with E-state index in [2.05, 4.69) is 0 Å². The molecule has 0 radical (unpaired) electrons. The van der Waals surface area contributed by atoms with Crippen molar-refractivity contribution in [3.05, 3.63) is 59.7 Å². The van der Waals surface area contributed by atoms with E-state index in [1.165, 1.54) is 0 Å². The van der Waals surface area contributed by atoms with E-state index in [1.54, 1.807) is 21.9 Å². The molecule has 1 unspecified atom stereocenters. The van der Waals surface area contributed by atoms with Crippen molar-refractivity contribution < 1.29 is 9.59 Å². The van der Waals surface area contributed by atoms with Crippen molar-refractivity contribution in [3.8, 4) is 0 Å². The zero-order valence-electron chi connectivity index (χ0n) is 14.6. The van der Waals surface area contributed by atoms with Gasteiger partial charge in [0.25, 0.3) is 5.91 Å².